The normalized spacial score (nSPS) is 29.6. The standard InChI is InChI=1S/C14H18Br2O4/c1-4-13(11(15)18)7-5-6-8-14(13,12(16)19)20-10(17)9(2)3/h2,4-8H2,1,3H3. The molecule has 1 saturated carbocycles. The maximum absolute atomic E-state index is 12.2. The molecule has 2 unspecified atom stereocenters. The summed E-state index contributed by atoms with van der Waals surface area (Å²) < 4.78 is 4.72. The fourth-order valence-electron chi connectivity index (χ4n) is 2.82. The molecule has 4 nitrogen and oxygen atoms in total. The second-order valence-corrected chi connectivity index (χ2v) is 6.63. The van der Waals surface area contributed by atoms with Crippen LogP contribution >= 0.6 is 31.9 Å². The molecule has 0 aromatic heterocycles. The van der Waals surface area contributed by atoms with Gasteiger partial charge in [-0.2, -0.15) is 0 Å². The van der Waals surface area contributed by atoms with E-state index in [4.69, 9.17) is 4.74 Å². The Morgan fingerprint density at radius 3 is 2.10 bits per heavy atom. The van der Waals surface area contributed by atoms with Crippen molar-refractivity contribution in [2.75, 3.05) is 0 Å². The molecule has 0 radical (unpaired) electrons. The fourth-order valence-corrected chi connectivity index (χ4v) is 4.28. The molecular formula is C14H18Br2O4. The molecular weight excluding hydrogens is 392 g/mol. The van der Waals surface area contributed by atoms with Crippen LogP contribution in [0.1, 0.15) is 46.0 Å². The SMILES string of the molecule is C=C(C)C(=O)OC1(C(=O)Br)CCCCC1(CC)C(=O)Br. The summed E-state index contributed by atoms with van der Waals surface area (Å²) in [5.74, 6) is -0.647. The second-order valence-electron chi connectivity index (χ2n) is 5.19. The number of halogens is 2. The van der Waals surface area contributed by atoms with Crippen molar-refractivity contribution < 1.29 is 19.1 Å². The summed E-state index contributed by atoms with van der Waals surface area (Å²) in [6.07, 6.45) is 2.80. The molecule has 0 amide bonds. The fraction of sp³-hybridized carbons (Fsp3) is 0.643. The van der Waals surface area contributed by atoms with Gasteiger partial charge in [-0.15, -0.1) is 0 Å². The Kier molecular flexibility index (Phi) is 5.72. The molecule has 20 heavy (non-hydrogen) atoms. The smallest absolute Gasteiger partial charge is 0.334 e. The van der Waals surface area contributed by atoms with Gasteiger partial charge in [0.15, 0.2) is 5.60 Å². The van der Waals surface area contributed by atoms with Crippen molar-refractivity contribution in [1.82, 2.24) is 0 Å². The van der Waals surface area contributed by atoms with Crippen molar-refractivity contribution in [2.24, 2.45) is 5.41 Å². The highest BCUT2D eigenvalue weighted by molar-refractivity contribution is 9.18. The number of carbonyl (C=O) groups excluding carboxylic acids is 3. The zero-order valence-electron chi connectivity index (χ0n) is 11.6. The number of rotatable bonds is 5. The van der Waals surface area contributed by atoms with Crippen molar-refractivity contribution in [1.29, 1.82) is 0 Å². The summed E-state index contributed by atoms with van der Waals surface area (Å²) >= 11 is 5.94. The Bertz CT molecular complexity index is 460. The van der Waals surface area contributed by atoms with Gasteiger partial charge >= 0.3 is 5.97 Å². The first-order chi connectivity index (χ1) is 9.23. The lowest BCUT2D eigenvalue weighted by atomic mass is 9.62. The predicted octanol–water partition coefficient (Wildman–Crippen LogP) is 3.66. The number of hydrogen-bond donors (Lipinski definition) is 0. The molecule has 1 aliphatic carbocycles. The maximum atomic E-state index is 12.2. The molecule has 0 heterocycles. The van der Waals surface area contributed by atoms with Crippen molar-refractivity contribution in [3.8, 4) is 0 Å². The minimum Gasteiger partial charge on any atom is -0.446 e. The minimum absolute atomic E-state index is 0.204. The van der Waals surface area contributed by atoms with E-state index in [1.807, 2.05) is 6.92 Å². The first kappa shape index (κ1) is 17.6. The van der Waals surface area contributed by atoms with E-state index in [0.717, 1.165) is 12.8 Å². The van der Waals surface area contributed by atoms with Crippen LogP contribution in [0.4, 0.5) is 0 Å². The molecule has 1 fully saturated rings. The summed E-state index contributed by atoms with van der Waals surface area (Å²) in [7, 11) is 0. The highest BCUT2D eigenvalue weighted by Gasteiger charge is 2.62. The van der Waals surface area contributed by atoms with Gasteiger partial charge in [0.1, 0.15) is 0 Å². The molecule has 0 aromatic carbocycles. The zero-order valence-corrected chi connectivity index (χ0v) is 14.8. The van der Waals surface area contributed by atoms with Gasteiger partial charge in [-0.3, -0.25) is 9.59 Å². The van der Waals surface area contributed by atoms with Crippen molar-refractivity contribution in [3.63, 3.8) is 0 Å². The summed E-state index contributed by atoms with van der Waals surface area (Å²) in [5, 5.41) is 0. The summed E-state index contributed by atoms with van der Waals surface area (Å²) in [5.41, 5.74) is -2.29. The van der Waals surface area contributed by atoms with Crippen LogP contribution in [0.3, 0.4) is 0 Å². The van der Waals surface area contributed by atoms with Crippen LogP contribution in [0.15, 0.2) is 12.2 Å². The molecule has 0 aliphatic heterocycles. The average molecular weight is 410 g/mol. The number of carbonyl (C=O) groups is 3. The molecule has 1 rings (SSSR count). The molecule has 1 aliphatic rings. The van der Waals surface area contributed by atoms with Gasteiger partial charge in [-0.05, 0) is 64.5 Å². The quantitative estimate of drug-likeness (QED) is 0.395. The highest BCUT2D eigenvalue weighted by Crippen LogP contribution is 2.52. The van der Waals surface area contributed by atoms with E-state index >= 15 is 0 Å². The van der Waals surface area contributed by atoms with Crippen molar-refractivity contribution >= 4 is 47.2 Å². The first-order valence-corrected chi connectivity index (χ1v) is 8.11. The van der Waals surface area contributed by atoms with Gasteiger partial charge in [0.25, 0.3) is 0 Å². The highest BCUT2D eigenvalue weighted by atomic mass is 79.9. The Labute approximate surface area is 135 Å². The van der Waals surface area contributed by atoms with Gasteiger partial charge in [0, 0.05) is 5.57 Å². The Morgan fingerprint density at radius 2 is 1.70 bits per heavy atom. The molecule has 112 valence electrons. The average Bonchev–Trinajstić information content (AvgIpc) is 2.38. The summed E-state index contributed by atoms with van der Waals surface area (Å²) in [6.45, 7) is 6.87. The monoisotopic (exact) mass is 408 g/mol. The molecule has 0 aromatic rings. The van der Waals surface area contributed by atoms with E-state index in [1.165, 1.54) is 6.92 Å². The summed E-state index contributed by atoms with van der Waals surface area (Å²) in [6, 6.07) is 0. The van der Waals surface area contributed by atoms with Gasteiger partial charge < -0.3 is 4.74 Å². The first-order valence-electron chi connectivity index (χ1n) is 6.52. The molecule has 0 N–H and O–H groups in total. The Hall–Kier alpha value is -0.490. The third kappa shape index (κ3) is 2.77. The van der Waals surface area contributed by atoms with E-state index in [-0.39, 0.29) is 10.3 Å². The minimum atomic E-state index is -1.46. The van der Waals surface area contributed by atoms with E-state index in [9.17, 15) is 14.4 Å². The van der Waals surface area contributed by atoms with Crippen LogP contribution in [0.25, 0.3) is 0 Å². The molecule has 2 atom stereocenters. The Morgan fingerprint density at radius 1 is 1.15 bits per heavy atom. The van der Waals surface area contributed by atoms with Gasteiger partial charge in [0.2, 0.25) is 9.39 Å². The van der Waals surface area contributed by atoms with Crippen molar-refractivity contribution in [3.05, 3.63) is 12.2 Å². The third-order valence-corrected chi connectivity index (χ3v) is 5.47. The van der Waals surface area contributed by atoms with Crippen LogP contribution in [0.2, 0.25) is 0 Å². The molecule has 6 heteroatoms. The van der Waals surface area contributed by atoms with E-state index in [0.29, 0.717) is 19.3 Å². The zero-order chi connectivity index (χ0) is 15.6. The lowest BCUT2D eigenvalue weighted by Gasteiger charge is -2.48. The molecule has 0 saturated heterocycles. The number of ether oxygens (including phenoxy) is 1. The maximum Gasteiger partial charge on any atom is 0.334 e. The summed E-state index contributed by atoms with van der Waals surface area (Å²) in [4.78, 5) is 36.3. The second kappa shape index (κ2) is 6.52. The van der Waals surface area contributed by atoms with Gasteiger partial charge in [-0.1, -0.05) is 19.9 Å². The van der Waals surface area contributed by atoms with E-state index in [2.05, 4.69) is 38.4 Å². The molecule has 0 bridgehead atoms. The molecule has 0 spiro atoms. The predicted molar refractivity (Wildman–Crippen MR) is 82.7 cm³/mol. The number of hydrogen-bond acceptors (Lipinski definition) is 4. The number of esters is 1. The van der Waals surface area contributed by atoms with E-state index in [1.54, 1.807) is 0 Å². The van der Waals surface area contributed by atoms with E-state index < -0.39 is 21.7 Å². The van der Waals surface area contributed by atoms with Gasteiger partial charge in [0.05, 0.1) is 5.41 Å². The lowest BCUT2D eigenvalue weighted by Crippen LogP contribution is -2.59. The van der Waals surface area contributed by atoms with Crippen LogP contribution in [0, 0.1) is 5.41 Å². The van der Waals surface area contributed by atoms with Crippen LogP contribution in [-0.4, -0.2) is 21.0 Å². The third-order valence-electron chi connectivity index (χ3n) is 4.07. The largest absolute Gasteiger partial charge is 0.446 e. The van der Waals surface area contributed by atoms with Crippen LogP contribution in [-0.2, 0) is 19.1 Å². The topological polar surface area (TPSA) is 60.4 Å². The lowest BCUT2D eigenvalue weighted by molar-refractivity contribution is -0.184. The Balaban J connectivity index is 3.38. The van der Waals surface area contributed by atoms with Crippen molar-refractivity contribution in [2.45, 2.75) is 51.6 Å². The van der Waals surface area contributed by atoms with Crippen LogP contribution < -0.4 is 0 Å². The van der Waals surface area contributed by atoms with Crippen LogP contribution in [0.5, 0.6) is 0 Å². The van der Waals surface area contributed by atoms with Gasteiger partial charge in [-0.25, -0.2) is 4.79 Å².